The lowest BCUT2D eigenvalue weighted by atomic mass is 10.1. The number of nitrogens with zero attached hydrogens (tertiary/aromatic N) is 1. The van der Waals surface area contributed by atoms with Gasteiger partial charge in [0, 0.05) is 7.05 Å². The molecule has 0 spiro atoms. The summed E-state index contributed by atoms with van der Waals surface area (Å²) in [6.45, 7) is 4.66. The highest BCUT2D eigenvalue weighted by molar-refractivity contribution is 7.89. The molecule has 0 saturated heterocycles. The number of likely N-dealkylation sites (N-methyl/N-ethyl adjacent to an activating group) is 1. The van der Waals surface area contributed by atoms with E-state index >= 15 is 0 Å². The fourth-order valence-electron chi connectivity index (χ4n) is 1.45. The first-order chi connectivity index (χ1) is 8.64. The number of benzene rings is 1. The molecule has 0 fully saturated rings. The van der Waals surface area contributed by atoms with E-state index in [2.05, 4.69) is 0 Å². The van der Waals surface area contributed by atoms with Crippen molar-refractivity contribution in [2.45, 2.75) is 31.2 Å². The number of carbonyl (C=O) groups excluding carboxylic acids is 1. The monoisotopic (exact) mass is 286 g/mol. The van der Waals surface area contributed by atoms with Crippen LogP contribution in [-0.2, 0) is 14.8 Å². The Hall–Kier alpha value is -1.44. The fraction of sp³-hybridized carbons (Fsp3) is 0.417. The molecule has 106 valence electrons. The molecular weight excluding hydrogens is 268 g/mol. The van der Waals surface area contributed by atoms with Crippen LogP contribution in [0.1, 0.15) is 19.4 Å². The summed E-state index contributed by atoms with van der Waals surface area (Å²) < 4.78 is 25.7. The van der Waals surface area contributed by atoms with Gasteiger partial charge in [0.1, 0.15) is 5.54 Å². The molecule has 0 aliphatic heterocycles. The van der Waals surface area contributed by atoms with E-state index in [1.165, 1.54) is 38.5 Å². The number of carbonyl (C=O) groups is 1. The lowest BCUT2D eigenvalue weighted by Crippen LogP contribution is -2.54. The molecule has 0 aromatic heterocycles. The number of rotatable bonds is 4. The van der Waals surface area contributed by atoms with Crippen LogP contribution in [-0.4, -0.2) is 36.4 Å². The second-order valence-corrected chi connectivity index (χ2v) is 6.75. The zero-order valence-electron chi connectivity index (χ0n) is 11.3. The van der Waals surface area contributed by atoms with Crippen LogP contribution in [0.15, 0.2) is 29.2 Å². The van der Waals surface area contributed by atoms with E-state index in [1.807, 2.05) is 6.92 Å². The zero-order chi connectivity index (χ0) is 14.8. The lowest BCUT2D eigenvalue weighted by molar-refractivity contribution is -0.137. The lowest BCUT2D eigenvalue weighted by Gasteiger charge is -2.32. The molecule has 6 nitrogen and oxygen atoms in total. The highest BCUT2D eigenvalue weighted by Crippen LogP contribution is 2.23. The van der Waals surface area contributed by atoms with Crippen LogP contribution in [0.2, 0.25) is 0 Å². The maximum atomic E-state index is 12.4. The SMILES string of the molecule is Cc1ccc(S(=O)(=O)N(C)C(C)(C)C(=O)NO)cc1. The summed E-state index contributed by atoms with van der Waals surface area (Å²) in [7, 11) is -2.51. The maximum absolute atomic E-state index is 12.4. The van der Waals surface area contributed by atoms with Crippen LogP contribution in [0.3, 0.4) is 0 Å². The van der Waals surface area contributed by atoms with Crippen molar-refractivity contribution in [2.24, 2.45) is 0 Å². The number of hydroxylamine groups is 1. The third-order valence-corrected chi connectivity index (χ3v) is 5.17. The Labute approximate surface area is 113 Å². The Morgan fingerprint density at radius 2 is 1.74 bits per heavy atom. The predicted molar refractivity (Wildman–Crippen MR) is 70.1 cm³/mol. The molecule has 19 heavy (non-hydrogen) atoms. The summed E-state index contributed by atoms with van der Waals surface area (Å²) >= 11 is 0. The van der Waals surface area contributed by atoms with Gasteiger partial charge < -0.3 is 0 Å². The molecular formula is C12H18N2O4S. The predicted octanol–water partition coefficient (Wildman–Crippen LogP) is 0.900. The summed E-state index contributed by atoms with van der Waals surface area (Å²) in [5.41, 5.74) is 1.01. The van der Waals surface area contributed by atoms with Crippen LogP contribution in [0.4, 0.5) is 0 Å². The number of sulfonamides is 1. The number of hydrogen-bond donors (Lipinski definition) is 2. The summed E-state index contributed by atoms with van der Waals surface area (Å²) in [6, 6.07) is 6.32. The third-order valence-electron chi connectivity index (χ3n) is 3.12. The van der Waals surface area contributed by atoms with Gasteiger partial charge in [-0.2, -0.15) is 4.31 Å². The van der Waals surface area contributed by atoms with Crippen molar-refractivity contribution in [2.75, 3.05) is 7.05 Å². The zero-order valence-corrected chi connectivity index (χ0v) is 12.2. The minimum absolute atomic E-state index is 0.0967. The molecule has 0 aliphatic rings. The van der Waals surface area contributed by atoms with Crippen molar-refractivity contribution < 1.29 is 18.4 Å². The number of amides is 1. The molecule has 0 heterocycles. The van der Waals surface area contributed by atoms with E-state index < -0.39 is 21.5 Å². The topological polar surface area (TPSA) is 86.7 Å². The Balaban J connectivity index is 3.20. The van der Waals surface area contributed by atoms with Gasteiger partial charge in [-0.15, -0.1) is 0 Å². The van der Waals surface area contributed by atoms with Crippen LogP contribution in [0.25, 0.3) is 0 Å². The van der Waals surface area contributed by atoms with E-state index in [-0.39, 0.29) is 4.90 Å². The number of hydrogen-bond acceptors (Lipinski definition) is 4. The molecule has 1 aromatic carbocycles. The smallest absolute Gasteiger partial charge is 0.264 e. The van der Waals surface area contributed by atoms with Crippen LogP contribution in [0, 0.1) is 6.92 Å². The first kappa shape index (κ1) is 15.6. The molecule has 1 rings (SSSR count). The van der Waals surface area contributed by atoms with Crippen molar-refractivity contribution in [1.82, 2.24) is 9.79 Å². The quantitative estimate of drug-likeness (QED) is 0.636. The van der Waals surface area contributed by atoms with Crippen molar-refractivity contribution in [3.05, 3.63) is 29.8 Å². The molecule has 0 radical (unpaired) electrons. The first-order valence-electron chi connectivity index (χ1n) is 5.64. The van der Waals surface area contributed by atoms with Gasteiger partial charge in [-0.1, -0.05) is 17.7 Å². The van der Waals surface area contributed by atoms with Crippen LogP contribution >= 0.6 is 0 Å². The summed E-state index contributed by atoms with van der Waals surface area (Å²) in [5.74, 6) is -0.800. The van der Waals surface area contributed by atoms with Crippen molar-refractivity contribution in [3.8, 4) is 0 Å². The van der Waals surface area contributed by atoms with Gasteiger partial charge in [0.05, 0.1) is 4.90 Å². The Bertz CT molecular complexity index is 564. The van der Waals surface area contributed by atoms with E-state index in [0.717, 1.165) is 9.87 Å². The minimum atomic E-state index is -3.81. The van der Waals surface area contributed by atoms with Crippen LogP contribution in [0.5, 0.6) is 0 Å². The largest absolute Gasteiger partial charge is 0.289 e. The van der Waals surface area contributed by atoms with Crippen molar-refractivity contribution >= 4 is 15.9 Å². The van der Waals surface area contributed by atoms with Gasteiger partial charge in [-0.05, 0) is 32.9 Å². The molecule has 0 bridgehead atoms. The minimum Gasteiger partial charge on any atom is -0.289 e. The summed E-state index contributed by atoms with van der Waals surface area (Å²) in [6.07, 6.45) is 0. The van der Waals surface area contributed by atoms with E-state index in [0.29, 0.717) is 0 Å². The molecule has 1 amide bonds. The van der Waals surface area contributed by atoms with Gasteiger partial charge in [0.2, 0.25) is 10.0 Å². The standard InChI is InChI=1S/C12H18N2O4S/c1-9-5-7-10(8-6-9)19(17,18)14(4)12(2,3)11(15)13-16/h5-8,16H,1-4H3,(H,13,15). The fourth-order valence-corrected chi connectivity index (χ4v) is 2.93. The maximum Gasteiger partial charge on any atom is 0.264 e. The van der Waals surface area contributed by atoms with Gasteiger partial charge in [-0.25, -0.2) is 13.9 Å². The van der Waals surface area contributed by atoms with Gasteiger partial charge in [0.25, 0.3) is 5.91 Å². The third kappa shape index (κ3) is 2.94. The highest BCUT2D eigenvalue weighted by atomic mass is 32.2. The molecule has 0 unspecified atom stereocenters. The normalized spacial score (nSPS) is 12.5. The average Bonchev–Trinajstić information content (AvgIpc) is 2.37. The van der Waals surface area contributed by atoms with Gasteiger partial charge >= 0.3 is 0 Å². The Morgan fingerprint density at radius 3 is 2.16 bits per heavy atom. The second kappa shape index (κ2) is 5.28. The van der Waals surface area contributed by atoms with Gasteiger partial charge in [0.15, 0.2) is 0 Å². The first-order valence-corrected chi connectivity index (χ1v) is 7.08. The Morgan fingerprint density at radius 1 is 1.26 bits per heavy atom. The molecule has 0 aliphatic carbocycles. The molecule has 2 N–H and O–H groups in total. The second-order valence-electron chi connectivity index (χ2n) is 4.79. The Kier molecular flexibility index (Phi) is 4.34. The van der Waals surface area contributed by atoms with Crippen molar-refractivity contribution in [1.29, 1.82) is 0 Å². The highest BCUT2D eigenvalue weighted by Gasteiger charge is 2.39. The van der Waals surface area contributed by atoms with Gasteiger partial charge in [-0.3, -0.25) is 10.0 Å². The average molecular weight is 286 g/mol. The summed E-state index contributed by atoms with van der Waals surface area (Å²) in [4.78, 5) is 11.6. The molecule has 7 heteroatoms. The van der Waals surface area contributed by atoms with E-state index in [1.54, 1.807) is 12.1 Å². The molecule has 0 atom stereocenters. The molecule has 0 saturated carbocycles. The number of aryl methyl sites for hydroxylation is 1. The van der Waals surface area contributed by atoms with E-state index in [9.17, 15) is 13.2 Å². The molecule has 1 aromatic rings. The van der Waals surface area contributed by atoms with Crippen molar-refractivity contribution in [3.63, 3.8) is 0 Å². The van der Waals surface area contributed by atoms with Crippen LogP contribution < -0.4 is 5.48 Å². The summed E-state index contributed by atoms with van der Waals surface area (Å²) in [5, 5.41) is 8.67. The van der Waals surface area contributed by atoms with E-state index in [4.69, 9.17) is 5.21 Å². The number of nitrogens with one attached hydrogen (secondary N) is 1.